The number of carbonyl (C=O) groups is 2. The summed E-state index contributed by atoms with van der Waals surface area (Å²) in [4.78, 5) is 22.7. The minimum atomic E-state index is -0.433. The molecule has 106 valence electrons. The third-order valence-electron chi connectivity index (χ3n) is 5.14. The van der Waals surface area contributed by atoms with E-state index in [4.69, 9.17) is 0 Å². The Morgan fingerprint density at radius 1 is 1.05 bits per heavy atom. The highest BCUT2D eigenvalue weighted by Gasteiger charge is 2.50. The van der Waals surface area contributed by atoms with Gasteiger partial charge in [-0.25, -0.2) is 4.79 Å². The summed E-state index contributed by atoms with van der Waals surface area (Å²) in [7, 11) is 1.51. The second-order valence-corrected chi connectivity index (χ2v) is 6.68. The smallest absolute Gasteiger partial charge is 0.321 e. The lowest BCUT2D eigenvalue weighted by molar-refractivity contribution is -0.120. The molecule has 4 rings (SSSR count). The van der Waals surface area contributed by atoms with E-state index in [0.29, 0.717) is 0 Å². The molecule has 4 bridgehead atoms. The molecule has 0 spiro atoms. The Labute approximate surface area is 113 Å². The summed E-state index contributed by atoms with van der Waals surface area (Å²) in [6.45, 7) is 0.250. The van der Waals surface area contributed by atoms with Gasteiger partial charge in [0.05, 0.1) is 6.54 Å². The van der Waals surface area contributed by atoms with Gasteiger partial charge in [0, 0.05) is 12.6 Å². The van der Waals surface area contributed by atoms with E-state index in [0.717, 1.165) is 17.8 Å². The second kappa shape index (κ2) is 4.78. The molecular formula is C14H23N3O2. The van der Waals surface area contributed by atoms with Gasteiger partial charge in [0.15, 0.2) is 0 Å². The molecule has 0 radical (unpaired) electrons. The van der Waals surface area contributed by atoms with Crippen LogP contribution in [-0.2, 0) is 4.79 Å². The molecule has 0 aromatic heterocycles. The highest BCUT2D eigenvalue weighted by molar-refractivity contribution is 5.95. The first-order chi connectivity index (χ1) is 9.08. The summed E-state index contributed by atoms with van der Waals surface area (Å²) in [6.07, 6.45) is 7.83. The first-order valence-corrected chi connectivity index (χ1v) is 7.35. The van der Waals surface area contributed by atoms with E-state index in [2.05, 4.69) is 16.0 Å². The zero-order valence-corrected chi connectivity index (χ0v) is 11.5. The van der Waals surface area contributed by atoms with Crippen LogP contribution >= 0.6 is 0 Å². The summed E-state index contributed by atoms with van der Waals surface area (Å²) in [5, 5.41) is 8.17. The van der Waals surface area contributed by atoms with Crippen molar-refractivity contribution >= 4 is 11.9 Å². The first-order valence-electron chi connectivity index (χ1n) is 7.35. The summed E-state index contributed by atoms with van der Waals surface area (Å²) in [5.74, 6) is 2.34. The van der Waals surface area contributed by atoms with Crippen LogP contribution in [0.3, 0.4) is 0 Å². The topological polar surface area (TPSA) is 70.2 Å². The van der Waals surface area contributed by atoms with E-state index in [1.807, 2.05) is 0 Å². The molecule has 0 unspecified atom stereocenters. The Kier molecular flexibility index (Phi) is 3.25. The Morgan fingerprint density at radius 2 is 1.58 bits per heavy atom. The Morgan fingerprint density at radius 3 is 2.05 bits per heavy atom. The lowest BCUT2D eigenvalue weighted by Gasteiger charge is -2.57. The molecule has 4 aliphatic rings. The van der Waals surface area contributed by atoms with Crippen molar-refractivity contribution < 1.29 is 9.59 Å². The van der Waals surface area contributed by atoms with Gasteiger partial charge < -0.3 is 10.6 Å². The molecule has 4 aliphatic carbocycles. The van der Waals surface area contributed by atoms with Gasteiger partial charge in [0.2, 0.25) is 5.91 Å². The zero-order valence-electron chi connectivity index (χ0n) is 11.5. The van der Waals surface area contributed by atoms with Crippen LogP contribution in [0.1, 0.15) is 38.5 Å². The van der Waals surface area contributed by atoms with Crippen LogP contribution < -0.4 is 16.0 Å². The standard InChI is InChI=1S/C14H23N3O2/c1-15-13(19)17-12(18)8-16-14-5-9-2-10(6-14)4-11(3-9)7-14/h9-11,16H,2-8H2,1H3,(H2,15,17,18,19). The fourth-order valence-corrected chi connectivity index (χ4v) is 4.83. The van der Waals surface area contributed by atoms with E-state index in [9.17, 15) is 9.59 Å². The maximum absolute atomic E-state index is 11.7. The van der Waals surface area contributed by atoms with E-state index in [1.165, 1.54) is 45.6 Å². The van der Waals surface area contributed by atoms with Crippen molar-refractivity contribution in [2.45, 2.75) is 44.1 Å². The zero-order chi connectivity index (χ0) is 13.5. The molecule has 5 heteroatoms. The predicted octanol–water partition coefficient (Wildman–Crippen LogP) is 1.00. The number of amides is 3. The number of hydrogen-bond acceptors (Lipinski definition) is 3. The maximum atomic E-state index is 11.7. The minimum Gasteiger partial charge on any atom is -0.341 e. The van der Waals surface area contributed by atoms with Crippen molar-refractivity contribution in [3.63, 3.8) is 0 Å². The molecule has 0 heterocycles. The van der Waals surface area contributed by atoms with Crippen LogP contribution in [0.15, 0.2) is 0 Å². The molecular weight excluding hydrogens is 242 g/mol. The summed E-state index contributed by atoms with van der Waals surface area (Å²) in [6, 6.07) is -0.433. The van der Waals surface area contributed by atoms with Crippen molar-refractivity contribution in [2.24, 2.45) is 17.8 Å². The molecule has 4 fully saturated rings. The normalized spacial score (nSPS) is 39.1. The molecule has 4 saturated carbocycles. The minimum absolute atomic E-state index is 0.175. The molecule has 0 aliphatic heterocycles. The van der Waals surface area contributed by atoms with Gasteiger partial charge in [-0.2, -0.15) is 0 Å². The number of nitrogens with one attached hydrogen (secondary N) is 3. The lowest BCUT2D eigenvalue weighted by atomic mass is 9.53. The van der Waals surface area contributed by atoms with Crippen molar-refractivity contribution in [1.82, 2.24) is 16.0 Å². The van der Waals surface area contributed by atoms with Crippen molar-refractivity contribution in [2.75, 3.05) is 13.6 Å². The van der Waals surface area contributed by atoms with E-state index in [1.54, 1.807) is 0 Å². The molecule has 3 N–H and O–H groups in total. The van der Waals surface area contributed by atoms with Gasteiger partial charge in [-0.05, 0) is 56.3 Å². The fourth-order valence-electron chi connectivity index (χ4n) is 4.83. The number of urea groups is 1. The third-order valence-corrected chi connectivity index (χ3v) is 5.14. The second-order valence-electron chi connectivity index (χ2n) is 6.68. The molecule has 0 aromatic carbocycles. The van der Waals surface area contributed by atoms with E-state index >= 15 is 0 Å². The largest absolute Gasteiger partial charge is 0.341 e. The molecule has 3 amide bonds. The molecule has 0 saturated heterocycles. The van der Waals surface area contributed by atoms with Crippen molar-refractivity contribution in [3.05, 3.63) is 0 Å². The van der Waals surface area contributed by atoms with Gasteiger partial charge in [-0.15, -0.1) is 0 Å². The number of rotatable bonds is 3. The van der Waals surface area contributed by atoms with Gasteiger partial charge in [-0.1, -0.05) is 0 Å². The van der Waals surface area contributed by atoms with Crippen LogP contribution in [0.4, 0.5) is 4.79 Å². The number of carbonyl (C=O) groups excluding carboxylic acids is 2. The van der Waals surface area contributed by atoms with Gasteiger partial charge in [0.1, 0.15) is 0 Å². The predicted molar refractivity (Wildman–Crippen MR) is 71.5 cm³/mol. The number of hydrogen-bond donors (Lipinski definition) is 3. The third kappa shape index (κ3) is 2.61. The Hall–Kier alpha value is -1.10. The average Bonchev–Trinajstić information content (AvgIpc) is 2.35. The SMILES string of the molecule is CNC(=O)NC(=O)CNC12CC3CC(CC(C3)C1)C2. The maximum Gasteiger partial charge on any atom is 0.321 e. The Balaban J connectivity index is 1.55. The average molecular weight is 265 g/mol. The van der Waals surface area contributed by atoms with Crippen molar-refractivity contribution in [3.8, 4) is 0 Å². The van der Waals surface area contributed by atoms with Crippen LogP contribution in [-0.4, -0.2) is 31.1 Å². The fraction of sp³-hybridized carbons (Fsp3) is 0.857. The van der Waals surface area contributed by atoms with E-state index < -0.39 is 6.03 Å². The molecule has 0 aromatic rings. The van der Waals surface area contributed by atoms with Crippen LogP contribution in [0.2, 0.25) is 0 Å². The highest BCUT2D eigenvalue weighted by Crippen LogP contribution is 2.55. The molecule has 5 nitrogen and oxygen atoms in total. The van der Waals surface area contributed by atoms with Crippen molar-refractivity contribution in [1.29, 1.82) is 0 Å². The molecule has 19 heavy (non-hydrogen) atoms. The summed E-state index contributed by atoms with van der Waals surface area (Å²) in [5.41, 5.74) is 0.175. The number of imide groups is 1. The molecule has 0 atom stereocenters. The van der Waals surface area contributed by atoms with Crippen LogP contribution in [0, 0.1) is 17.8 Å². The van der Waals surface area contributed by atoms with Gasteiger partial charge in [0.25, 0.3) is 0 Å². The van der Waals surface area contributed by atoms with Crippen LogP contribution in [0.25, 0.3) is 0 Å². The Bertz CT molecular complexity index is 359. The first kappa shape index (κ1) is 12.9. The summed E-state index contributed by atoms with van der Waals surface area (Å²) < 4.78 is 0. The highest BCUT2D eigenvalue weighted by atomic mass is 16.2. The lowest BCUT2D eigenvalue weighted by Crippen LogP contribution is -2.60. The quantitative estimate of drug-likeness (QED) is 0.713. The van der Waals surface area contributed by atoms with E-state index in [-0.39, 0.29) is 18.0 Å². The monoisotopic (exact) mass is 265 g/mol. The van der Waals surface area contributed by atoms with Crippen LogP contribution in [0.5, 0.6) is 0 Å². The van der Waals surface area contributed by atoms with Gasteiger partial charge >= 0.3 is 6.03 Å². The summed E-state index contributed by atoms with van der Waals surface area (Å²) >= 11 is 0. The van der Waals surface area contributed by atoms with Gasteiger partial charge in [-0.3, -0.25) is 10.1 Å².